The van der Waals surface area contributed by atoms with Crippen molar-refractivity contribution in [2.75, 3.05) is 73.1 Å². The number of amides is 1. The predicted octanol–water partition coefficient (Wildman–Crippen LogP) is 4.56. The molecule has 6 rings (SSSR count). The Bertz CT molecular complexity index is 2500. The van der Waals surface area contributed by atoms with Gasteiger partial charge in [-0.2, -0.15) is 0 Å². The van der Waals surface area contributed by atoms with E-state index < -0.39 is 107 Å². The van der Waals surface area contributed by atoms with Crippen LogP contribution in [0, 0.1) is 17.8 Å². The van der Waals surface area contributed by atoms with Crippen LogP contribution in [0.1, 0.15) is 131 Å². The Morgan fingerprint density at radius 1 is 0.938 bits per heavy atom. The van der Waals surface area contributed by atoms with Gasteiger partial charge in [0.1, 0.15) is 29.5 Å². The standard InChI is InChI=1S/C58H94ClN5O17/c1-15-44-58(10,73)51(68)35(6)63(13)29-31(2)27-56(8,72)52(81-55-48(67)43(62(11)12)24-32(3)77-55)33(4)49(34(5)54(71)79-44)80-46-28-57(9,74-14)50(36(7)78-46)61-45(65)18-20-75-22-23-76-21-19-60-41-25-38-42(26-40(41)59)64(37-16-17-37)30-39(47(38)66)53(69)70/h25-26,30-37,43-44,46,48-52,55,60,67-68,72-73H,15-24,27-29H2,1-14H3,(H,61,65)(H,69,70)/t31-,32-,33+,34-,35-,36+,43+,44-,46+,48-,49+,50+,51-,52-,55+,56-,57-,58-/m1/s1. The number of rotatable bonds is 20. The Balaban J connectivity index is 1.10. The van der Waals surface area contributed by atoms with Gasteiger partial charge in [0.15, 0.2) is 12.6 Å². The maximum atomic E-state index is 14.6. The SMILES string of the molecule is CC[C@H]1OC(=O)[C@H](C)[C@@H](O[C@H]2C[C@@](C)(OC)[C@@H](NC(=O)CCOCCOCCNc3cc4c(=O)c(C(=O)O)cn(C5CC5)c4cc3Cl)[C@H](C)O2)[C@H](C)[C@@H](O[C@@H]2O[C@H](C)C[C@H](N(C)C)[C@H]2O)[C@](C)(O)C[C@@H](C)CN(C)[C@H](C)[C@@H](O)[C@]1(C)O. The molecule has 81 heavy (non-hydrogen) atoms. The van der Waals surface area contributed by atoms with Crippen LogP contribution in [-0.2, 0) is 47.5 Å². The number of carbonyl (C=O) groups excluding carboxylic acids is 2. The molecule has 460 valence electrons. The highest BCUT2D eigenvalue weighted by Crippen LogP contribution is 2.42. The molecule has 2 aromatic rings. The van der Waals surface area contributed by atoms with Crippen molar-refractivity contribution in [2.24, 2.45) is 17.8 Å². The molecular weight excluding hydrogens is 1070 g/mol. The number of ether oxygens (including phenoxy) is 8. The fraction of sp³-hybridized carbons (Fsp3) is 0.793. The molecule has 7 N–H and O–H groups in total. The molecule has 3 aliphatic heterocycles. The van der Waals surface area contributed by atoms with Gasteiger partial charge in [-0.05, 0) is 120 Å². The Morgan fingerprint density at radius 2 is 1.60 bits per heavy atom. The van der Waals surface area contributed by atoms with Gasteiger partial charge < -0.3 is 88.4 Å². The number of hydrogen-bond acceptors (Lipinski definition) is 19. The van der Waals surface area contributed by atoms with Crippen LogP contribution in [0.3, 0.4) is 0 Å². The van der Waals surface area contributed by atoms with Gasteiger partial charge in [0.25, 0.3) is 0 Å². The lowest BCUT2D eigenvalue weighted by molar-refractivity contribution is -0.311. The smallest absolute Gasteiger partial charge is 0.341 e. The molecular formula is C58H94ClN5O17. The highest BCUT2D eigenvalue weighted by Gasteiger charge is 2.53. The molecule has 1 aromatic heterocycles. The summed E-state index contributed by atoms with van der Waals surface area (Å²) in [6.45, 7) is 19.1. The normalized spacial score (nSPS) is 36.9. The molecule has 3 saturated heterocycles. The van der Waals surface area contributed by atoms with E-state index in [0.29, 0.717) is 35.7 Å². The van der Waals surface area contributed by atoms with Crippen LogP contribution < -0.4 is 16.1 Å². The Kier molecular flexibility index (Phi) is 23.1. The second-order valence-corrected chi connectivity index (χ2v) is 24.7. The molecule has 0 spiro atoms. The number of carboxylic acids is 1. The van der Waals surface area contributed by atoms with E-state index in [1.54, 1.807) is 53.7 Å². The van der Waals surface area contributed by atoms with Gasteiger partial charge >= 0.3 is 11.9 Å². The summed E-state index contributed by atoms with van der Waals surface area (Å²) >= 11 is 6.59. The van der Waals surface area contributed by atoms with E-state index in [1.807, 2.05) is 56.3 Å². The highest BCUT2D eigenvalue weighted by atomic mass is 35.5. The van der Waals surface area contributed by atoms with Crippen LogP contribution in [-0.4, -0.2) is 216 Å². The number of hydrogen-bond donors (Lipinski definition) is 7. The zero-order chi connectivity index (χ0) is 60.1. The minimum Gasteiger partial charge on any atom is -0.477 e. The number of benzene rings is 1. The number of nitrogens with one attached hydrogen (secondary N) is 2. The zero-order valence-electron chi connectivity index (χ0n) is 50.0. The molecule has 0 bridgehead atoms. The summed E-state index contributed by atoms with van der Waals surface area (Å²) in [4.78, 5) is 56.8. The summed E-state index contributed by atoms with van der Waals surface area (Å²) < 4.78 is 52.2. The molecule has 4 aliphatic rings. The number of likely N-dealkylation sites (N-methyl/N-ethyl adjacent to an activating group) is 2. The van der Waals surface area contributed by atoms with Crippen molar-refractivity contribution in [1.82, 2.24) is 19.7 Å². The van der Waals surface area contributed by atoms with Crippen molar-refractivity contribution < 1.29 is 77.8 Å². The number of anilines is 1. The van der Waals surface area contributed by atoms with Crippen LogP contribution in [0.4, 0.5) is 5.69 Å². The van der Waals surface area contributed by atoms with Crippen LogP contribution in [0.15, 0.2) is 23.1 Å². The molecule has 4 fully saturated rings. The third-order valence-corrected chi connectivity index (χ3v) is 17.6. The zero-order valence-corrected chi connectivity index (χ0v) is 50.8. The third kappa shape index (κ3) is 16.0. The van der Waals surface area contributed by atoms with Gasteiger partial charge in [0, 0.05) is 68.7 Å². The quantitative estimate of drug-likeness (QED) is 0.0707. The molecule has 4 heterocycles. The molecule has 22 nitrogen and oxygen atoms in total. The molecule has 1 amide bonds. The average molecular weight is 1170 g/mol. The van der Waals surface area contributed by atoms with E-state index in [9.17, 15) is 44.7 Å². The maximum Gasteiger partial charge on any atom is 0.341 e. The molecule has 18 atom stereocenters. The number of aliphatic hydroxyl groups excluding tert-OH is 2. The van der Waals surface area contributed by atoms with Gasteiger partial charge in [0.05, 0.1) is 90.2 Å². The van der Waals surface area contributed by atoms with Gasteiger partial charge in [-0.1, -0.05) is 32.4 Å². The van der Waals surface area contributed by atoms with Crippen LogP contribution >= 0.6 is 11.6 Å². The van der Waals surface area contributed by atoms with Crippen LogP contribution in [0.2, 0.25) is 5.02 Å². The number of aromatic carboxylic acids is 1. The predicted molar refractivity (Wildman–Crippen MR) is 303 cm³/mol. The summed E-state index contributed by atoms with van der Waals surface area (Å²) in [6, 6.07) is 1.81. The van der Waals surface area contributed by atoms with Crippen molar-refractivity contribution in [3.8, 4) is 0 Å². The van der Waals surface area contributed by atoms with E-state index in [-0.39, 0.29) is 93.1 Å². The lowest BCUT2D eigenvalue weighted by Crippen LogP contribution is -2.64. The number of nitrogens with zero attached hydrogens (tertiary/aromatic N) is 3. The third-order valence-electron chi connectivity index (χ3n) is 17.3. The number of aliphatic hydroxyl groups is 4. The highest BCUT2D eigenvalue weighted by molar-refractivity contribution is 6.34. The monoisotopic (exact) mass is 1170 g/mol. The Hall–Kier alpha value is -3.59. The van der Waals surface area contributed by atoms with Crippen molar-refractivity contribution in [3.63, 3.8) is 0 Å². The molecule has 1 saturated carbocycles. The molecule has 1 aromatic carbocycles. The van der Waals surface area contributed by atoms with Gasteiger partial charge in [0.2, 0.25) is 11.3 Å². The summed E-state index contributed by atoms with van der Waals surface area (Å²) in [5, 5.41) is 64.7. The van der Waals surface area contributed by atoms with Gasteiger partial charge in [-0.15, -0.1) is 0 Å². The lowest BCUT2D eigenvalue weighted by Gasteiger charge is -2.49. The number of carbonyl (C=O) groups is 3. The second-order valence-electron chi connectivity index (χ2n) is 24.3. The fourth-order valence-corrected chi connectivity index (χ4v) is 12.6. The first-order chi connectivity index (χ1) is 38.0. The number of pyridine rings is 1. The number of aromatic nitrogens is 1. The first-order valence-corrected chi connectivity index (χ1v) is 29.2. The summed E-state index contributed by atoms with van der Waals surface area (Å²) in [6.07, 6.45) is -4.83. The van der Waals surface area contributed by atoms with E-state index in [0.717, 1.165) is 12.8 Å². The number of esters is 1. The number of cyclic esters (lactones) is 1. The minimum atomic E-state index is -1.86. The average Bonchev–Trinajstić information content (AvgIpc) is 4.44. The van der Waals surface area contributed by atoms with Crippen molar-refractivity contribution >= 4 is 46.0 Å². The summed E-state index contributed by atoms with van der Waals surface area (Å²) in [5.41, 5.74) is -4.37. The van der Waals surface area contributed by atoms with Crippen LogP contribution in [0.25, 0.3) is 10.9 Å². The minimum absolute atomic E-state index is 0.0154. The topological polar surface area (TPSA) is 279 Å². The first-order valence-electron chi connectivity index (χ1n) is 28.8. The molecule has 1 aliphatic carbocycles. The largest absolute Gasteiger partial charge is 0.477 e. The van der Waals surface area contributed by atoms with E-state index in [4.69, 9.17) is 49.5 Å². The van der Waals surface area contributed by atoms with Gasteiger partial charge in [-0.3, -0.25) is 14.4 Å². The van der Waals surface area contributed by atoms with Crippen molar-refractivity contribution in [3.05, 3.63) is 39.1 Å². The van der Waals surface area contributed by atoms with E-state index >= 15 is 0 Å². The van der Waals surface area contributed by atoms with Gasteiger partial charge in [-0.25, -0.2) is 4.79 Å². The lowest BCUT2D eigenvalue weighted by atomic mass is 9.77. The summed E-state index contributed by atoms with van der Waals surface area (Å²) in [7, 11) is 7.10. The number of methoxy groups -OCH3 is 1. The molecule has 0 unspecified atom stereocenters. The van der Waals surface area contributed by atoms with E-state index in [2.05, 4.69) is 10.6 Å². The van der Waals surface area contributed by atoms with Crippen molar-refractivity contribution in [1.29, 1.82) is 0 Å². The molecule has 0 radical (unpaired) electrons. The summed E-state index contributed by atoms with van der Waals surface area (Å²) in [5.74, 6) is -4.46. The second kappa shape index (κ2) is 28.1. The van der Waals surface area contributed by atoms with Crippen LogP contribution in [0.5, 0.6) is 0 Å². The van der Waals surface area contributed by atoms with E-state index in [1.165, 1.54) is 20.2 Å². The Morgan fingerprint density at radius 3 is 2.22 bits per heavy atom. The number of fused-ring (bicyclic) bond motifs is 1. The first kappa shape index (κ1) is 66.5. The van der Waals surface area contributed by atoms with Crippen molar-refractivity contribution in [2.45, 2.75) is 210 Å². The Labute approximate surface area is 482 Å². The number of halogens is 1. The maximum absolute atomic E-state index is 14.6. The fourth-order valence-electron chi connectivity index (χ4n) is 12.3. The number of carboxylic acid groups (broad SMARTS) is 1. The molecule has 23 heteroatoms.